The van der Waals surface area contributed by atoms with Gasteiger partial charge in [-0.2, -0.15) is 0 Å². The highest BCUT2D eigenvalue weighted by Crippen LogP contribution is 2.44. The van der Waals surface area contributed by atoms with Crippen LogP contribution in [0.5, 0.6) is 0 Å². The molecule has 0 aromatic heterocycles. The quantitative estimate of drug-likeness (QED) is 0.742. The van der Waals surface area contributed by atoms with Gasteiger partial charge in [0.05, 0.1) is 6.10 Å². The molecule has 0 radical (unpaired) electrons. The van der Waals surface area contributed by atoms with Crippen LogP contribution in [-0.2, 0) is 0 Å². The Labute approximate surface area is 100 Å². The number of likely N-dealkylation sites (tertiary alicyclic amines) is 1. The normalized spacial score (nSPS) is 38.8. The predicted octanol–water partition coefficient (Wildman–Crippen LogP) is 2.80. The molecule has 2 unspecified atom stereocenters. The molecule has 2 aliphatic rings. The number of aliphatic hydroxyl groups excluding tert-OH is 1. The Bertz CT molecular complexity index is 259. The van der Waals surface area contributed by atoms with Crippen LogP contribution >= 0.6 is 0 Å². The molecule has 2 heteroatoms. The van der Waals surface area contributed by atoms with Gasteiger partial charge in [0.1, 0.15) is 0 Å². The molecule has 1 heterocycles. The predicted molar refractivity (Wildman–Crippen MR) is 67.4 cm³/mol. The Morgan fingerprint density at radius 1 is 1.12 bits per heavy atom. The summed E-state index contributed by atoms with van der Waals surface area (Å²) in [6.45, 7) is 10.7. The summed E-state index contributed by atoms with van der Waals surface area (Å²) in [5.74, 6) is 0. The van der Waals surface area contributed by atoms with Gasteiger partial charge in [0.15, 0.2) is 0 Å². The molecule has 2 nitrogen and oxygen atoms in total. The molecule has 94 valence electrons. The van der Waals surface area contributed by atoms with E-state index in [9.17, 15) is 5.11 Å². The smallest absolute Gasteiger partial charge is 0.0555 e. The van der Waals surface area contributed by atoms with Crippen LogP contribution in [0.25, 0.3) is 0 Å². The van der Waals surface area contributed by atoms with Crippen LogP contribution in [0.1, 0.15) is 59.8 Å². The van der Waals surface area contributed by atoms with E-state index >= 15 is 0 Å². The SMILES string of the molecule is CC1(C)CCC(O)CC1N1CCCC1(C)C. The lowest BCUT2D eigenvalue weighted by atomic mass is 9.71. The van der Waals surface area contributed by atoms with Gasteiger partial charge in [-0.3, -0.25) is 4.90 Å². The van der Waals surface area contributed by atoms with E-state index in [2.05, 4.69) is 32.6 Å². The van der Waals surface area contributed by atoms with E-state index in [1.807, 2.05) is 0 Å². The minimum Gasteiger partial charge on any atom is -0.393 e. The summed E-state index contributed by atoms with van der Waals surface area (Å²) in [6.07, 6.45) is 5.65. The molecule has 0 aromatic rings. The monoisotopic (exact) mass is 225 g/mol. The van der Waals surface area contributed by atoms with Crippen molar-refractivity contribution >= 4 is 0 Å². The average molecular weight is 225 g/mol. The summed E-state index contributed by atoms with van der Waals surface area (Å²) >= 11 is 0. The molecule has 2 fully saturated rings. The highest BCUT2D eigenvalue weighted by molar-refractivity contribution is 5.00. The highest BCUT2D eigenvalue weighted by atomic mass is 16.3. The summed E-state index contributed by atoms with van der Waals surface area (Å²) in [7, 11) is 0. The van der Waals surface area contributed by atoms with Crippen molar-refractivity contribution in [2.75, 3.05) is 6.54 Å². The Hall–Kier alpha value is -0.0800. The molecule has 1 saturated heterocycles. The minimum atomic E-state index is -0.0746. The molecule has 2 atom stereocenters. The molecule has 1 aliphatic heterocycles. The molecule has 16 heavy (non-hydrogen) atoms. The summed E-state index contributed by atoms with van der Waals surface area (Å²) in [5.41, 5.74) is 0.694. The number of hydrogen-bond acceptors (Lipinski definition) is 2. The van der Waals surface area contributed by atoms with Crippen molar-refractivity contribution < 1.29 is 5.11 Å². The van der Waals surface area contributed by atoms with Gasteiger partial charge in [-0.25, -0.2) is 0 Å². The molecular formula is C14H27NO. The van der Waals surface area contributed by atoms with Crippen LogP contribution in [-0.4, -0.2) is 34.2 Å². The number of nitrogens with zero attached hydrogens (tertiary/aromatic N) is 1. The molecule has 0 bridgehead atoms. The van der Waals surface area contributed by atoms with E-state index < -0.39 is 0 Å². The molecule has 2 rings (SSSR count). The van der Waals surface area contributed by atoms with Gasteiger partial charge in [-0.15, -0.1) is 0 Å². The van der Waals surface area contributed by atoms with Crippen molar-refractivity contribution in [2.24, 2.45) is 5.41 Å². The van der Waals surface area contributed by atoms with E-state index in [1.54, 1.807) is 0 Å². The van der Waals surface area contributed by atoms with Crippen molar-refractivity contribution in [2.45, 2.75) is 77.5 Å². The lowest BCUT2D eigenvalue weighted by molar-refractivity contribution is -0.0350. The zero-order valence-electron chi connectivity index (χ0n) is 11.3. The topological polar surface area (TPSA) is 23.5 Å². The molecule has 1 N–H and O–H groups in total. The molecule has 1 saturated carbocycles. The summed E-state index contributed by atoms with van der Waals surface area (Å²) in [4.78, 5) is 2.66. The van der Waals surface area contributed by atoms with Gasteiger partial charge in [0.2, 0.25) is 0 Å². The van der Waals surface area contributed by atoms with Gasteiger partial charge in [0.25, 0.3) is 0 Å². The molecule has 0 amide bonds. The van der Waals surface area contributed by atoms with Crippen LogP contribution in [0, 0.1) is 5.41 Å². The van der Waals surface area contributed by atoms with Crippen molar-refractivity contribution in [1.82, 2.24) is 4.90 Å². The zero-order chi connectivity index (χ0) is 12.0. The van der Waals surface area contributed by atoms with Crippen LogP contribution in [0.2, 0.25) is 0 Å². The fraction of sp³-hybridized carbons (Fsp3) is 1.00. The van der Waals surface area contributed by atoms with Gasteiger partial charge >= 0.3 is 0 Å². The van der Waals surface area contributed by atoms with Gasteiger partial charge in [-0.1, -0.05) is 13.8 Å². The maximum absolute atomic E-state index is 9.92. The summed E-state index contributed by atoms with van der Waals surface area (Å²) in [6, 6.07) is 0.564. The minimum absolute atomic E-state index is 0.0746. The van der Waals surface area contributed by atoms with Crippen molar-refractivity contribution in [3.8, 4) is 0 Å². The first-order valence-corrected chi connectivity index (χ1v) is 6.78. The largest absolute Gasteiger partial charge is 0.393 e. The van der Waals surface area contributed by atoms with E-state index in [-0.39, 0.29) is 6.10 Å². The van der Waals surface area contributed by atoms with E-state index in [0.717, 1.165) is 19.3 Å². The van der Waals surface area contributed by atoms with Crippen molar-refractivity contribution in [1.29, 1.82) is 0 Å². The van der Waals surface area contributed by atoms with Crippen LogP contribution in [0.15, 0.2) is 0 Å². The van der Waals surface area contributed by atoms with Crippen molar-refractivity contribution in [3.05, 3.63) is 0 Å². The molecule has 1 aliphatic carbocycles. The second-order valence-electron chi connectivity index (χ2n) is 7.04. The second-order valence-corrected chi connectivity index (χ2v) is 7.04. The number of aliphatic hydroxyl groups is 1. The fourth-order valence-corrected chi connectivity index (χ4v) is 3.65. The lowest BCUT2D eigenvalue weighted by Gasteiger charge is -2.50. The van der Waals surface area contributed by atoms with Gasteiger partial charge in [0, 0.05) is 11.6 Å². The number of hydrogen-bond donors (Lipinski definition) is 1. The second kappa shape index (κ2) is 3.99. The Morgan fingerprint density at radius 2 is 1.81 bits per heavy atom. The third-order valence-corrected chi connectivity index (χ3v) is 4.86. The number of rotatable bonds is 1. The van der Waals surface area contributed by atoms with Crippen LogP contribution in [0.3, 0.4) is 0 Å². The fourth-order valence-electron chi connectivity index (χ4n) is 3.65. The van der Waals surface area contributed by atoms with E-state index in [0.29, 0.717) is 17.0 Å². The Morgan fingerprint density at radius 3 is 2.38 bits per heavy atom. The van der Waals surface area contributed by atoms with Gasteiger partial charge < -0.3 is 5.11 Å². The first-order valence-electron chi connectivity index (χ1n) is 6.78. The standard InChI is InChI=1S/C14H27NO/c1-13(2)8-6-11(16)10-12(13)15-9-5-7-14(15,3)4/h11-12,16H,5-10H2,1-4H3. The third-order valence-electron chi connectivity index (χ3n) is 4.86. The van der Waals surface area contributed by atoms with Crippen LogP contribution in [0.4, 0.5) is 0 Å². The highest BCUT2D eigenvalue weighted by Gasteiger charge is 2.45. The summed E-state index contributed by atoms with van der Waals surface area (Å²) < 4.78 is 0. The molecule has 0 aromatic carbocycles. The maximum Gasteiger partial charge on any atom is 0.0555 e. The van der Waals surface area contributed by atoms with Crippen molar-refractivity contribution in [3.63, 3.8) is 0 Å². The first-order chi connectivity index (χ1) is 7.33. The lowest BCUT2D eigenvalue weighted by Crippen LogP contribution is -2.55. The zero-order valence-corrected chi connectivity index (χ0v) is 11.3. The van der Waals surface area contributed by atoms with Gasteiger partial charge in [-0.05, 0) is 57.9 Å². The van der Waals surface area contributed by atoms with Crippen LogP contribution < -0.4 is 0 Å². The maximum atomic E-state index is 9.92. The molecular weight excluding hydrogens is 198 g/mol. The Kier molecular flexibility index (Phi) is 3.09. The summed E-state index contributed by atoms with van der Waals surface area (Å²) in [5, 5.41) is 9.92. The average Bonchev–Trinajstić information content (AvgIpc) is 2.50. The first kappa shape index (κ1) is 12.4. The van der Waals surface area contributed by atoms with E-state index in [1.165, 1.54) is 19.4 Å². The molecule has 0 spiro atoms. The Balaban J connectivity index is 2.17. The third kappa shape index (κ3) is 2.14. The van der Waals surface area contributed by atoms with E-state index in [4.69, 9.17) is 0 Å².